The van der Waals surface area contributed by atoms with E-state index in [-0.39, 0.29) is 37.0 Å². The molecule has 1 fully saturated rings. The number of benzene rings is 2. The molecule has 0 N–H and O–H groups in total. The maximum Gasteiger partial charge on any atom is 0.261 e. The van der Waals surface area contributed by atoms with Gasteiger partial charge in [0.05, 0.1) is 6.04 Å². The molecule has 0 radical (unpaired) electrons. The number of thiophene rings is 1. The minimum Gasteiger partial charge on any atom is -0.484 e. The first-order valence-electron chi connectivity index (χ1n) is 11.3. The third kappa shape index (κ3) is 4.95. The molecule has 0 saturated heterocycles. The van der Waals surface area contributed by atoms with Crippen LogP contribution in [0.1, 0.15) is 34.9 Å². The number of para-hydroxylation sites is 1. The number of rotatable bonds is 7. The molecular formula is C26H24Cl2N2O3S. The normalized spacial score (nSPS) is 17.2. The summed E-state index contributed by atoms with van der Waals surface area (Å²) in [6, 6.07) is 16.5. The molecule has 3 aromatic rings. The van der Waals surface area contributed by atoms with Crippen LogP contribution in [0.25, 0.3) is 0 Å². The van der Waals surface area contributed by atoms with Crippen molar-refractivity contribution in [2.24, 2.45) is 0 Å². The van der Waals surface area contributed by atoms with Gasteiger partial charge in [0.2, 0.25) is 5.91 Å². The van der Waals surface area contributed by atoms with E-state index >= 15 is 0 Å². The molecule has 34 heavy (non-hydrogen) atoms. The summed E-state index contributed by atoms with van der Waals surface area (Å²) in [7, 11) is 0. The highest BCUT2D eigenvalue weighted by Gasteiger charge is 2.38. The number of carbonyl (C=O) groups is 2. The summed E-state index contributed by atoms with van der Waals surface area (Å²) in [5.41, 5.74) is 1.93. The van der Waals surface area contributed by atoms with E-state index in [2.05, 4.69) is 11.4 Å². The summed E-state index contributed by atoms with van der Waals surface area (Å²) < 4.78 is 5.66. The fourth-order valence-electron chi connectivity index (χ4n) is 4.43. The summed E-state index contributed by atoms with van der Waals surface area (Å²) in [5, 5.41) is 3.13. The molecule has 2 aliphatic rings. The Bertz CT molecular complexity index is 1200. The Morgan fingerprint density at radius 1 is 1.06 bits per heavy atom. The molecule has 2 aromatic carbocycles. The summed E-state index contributed by atoms with van der Waals surface area (Å²) in [4.78, 5) is 31.4. The third-order valence-electron chi connectivity index (χ3n) is 6.26. The lowest BCUT2D eigenvalue weighted by molar-refractivity contribution is -0.143. The highest BCUT2D eigenvalue weighted by atomic mass is 35.5. The van der Waals surface area contributed by atoms with E-state index in [9.17, 15) is 9.59 Å². The van der Waals surface area contributed by atoms with Gasteiger partial charge in [-0.25, -0.2) is 0 Å². The Hall–Kier alpha value is -2.54. The zero-order valence-electron chi connectivity index (χ0n) is 18.5. The minimum absolute atomic E-state index is 0.0306. The van der Waals surface area contributed by atoms with Crippen molar-refractivity contribution < 1.29 is 14.3 Å². The molecule has 0 bridgehead atoms. The minimum atomic E-state index is -0.302. The predicted molar refractivity (Wildman–Crippen MR) is 135 cm³/mol. The van der Waals surface area contributed by atoms with Crippen LogP contribution >= 0.6 is 34.5 Å². The molecule has 0 spiro atoms. The monoisotopic (exact) mass is 514 g/mol. The number of hydrogen-bond donors (Lipinski definition) is 0. The van der Waals surface area contributed by atoms with Crippen LogP contribution in [0.2, 0.25) is 10.0 Å². The molecule has 5 rings (SSSR count). The number of ether oxygens (including phenoxy) is 1. The van der Waals surface area contributed by atoms with Crippen LogP contribution in [0.15, 0.2) is 60.0 Å². The Labute approximate surface area is 212 Å². The van der Waals surface area contributed by atoms with Crippen LogP contribution in [0.4, 0.5) is 0 Å². The van der Waals surface area contributed by atoms with Crippen molar-refractivity contribution in [1.82, 2.24) is 9.80 Å². The zero-order valence-corrected chi connectivity index (χ0v) is 20.8. The van der Waals surface area contributed by atoms with Gasteiger partial charge in [0.1, 0.15) is 12.3 Å². The van der Waals surface area contributed by atoms with Crippen molar-refractivity contribution in [2.75, 3.05) is 19.7 Å². The smallest absolute Gasteiger partial charge is 0.261 e. The number of amides is 2. The average molecular weight is 515 g/mol. The molecule has 5 nitrogen and oxygen atoms in total. The van der Waals surface area contributed by atoms with Gasteiger partial charge < -0.3 is 14.5 Å². The molecule has 176 valence electrons. The van der Waals surface area contributed by atoms with E-state index in [1.54, 1.807) is 28.4 Å². The van der Waals surface area contributed by atoms with Gasteiger partial charge in [-0.3, -0.25) is 9.59 Å². The van der Waals surface area contributed by atoms with E-state index in [4.69, 9.17) is 27.9 Å². The number of hydrogen-bond acceptors (Lipinski definition) is 4. The SMILES string of the molecule is O=C(COc1ccccc1)N(CC(=O)N1CCc2sccc2C1c1ccc(Cl)cc1Cl)C1CC1. The molecule has 2 heterocycles. The van der Waals surface area contributed by atoms with Gasteiger partial charge >= 0.3 is 0 Å². The molecule has 1 aliphatic carbocycles. The third-order valence-corrected chi connectivity index (χ3v) is 7.82. The number of fused-ring (bicyclic) bond motifs is 1. The lowest BCUT2D eigenvalue weighted by Crippen LogP contribution is -2.48. The molecular weight excluding hydrogens is 491 g/mol. The fraction of sp³-hybridized carbons (Fsp3) is 0.308. The van der Waals surface area contributed by atoms with E-state index < -0.39 is 0 Å². The lowest BCUT2D eigenvalue weighted by atomic mass is 9.93. The maximum atomic E-state index is 13.6. The Morgan fingerprint density at radius 3 is 2.59 bits per heavy atom. The second kappa shape index (κ2) is 9.98. The van der Waals surface area contributed by atoms with Gasteiger partial charge in [0.25, 0.3) is 5.91 Å². The predicted octanol–water partition coefficient (Wildman–Crippen LogP) is 5.60. The van der Waals surface area contributed by atoms with Crippen LogP contribution in [0.3, 0.4) is 0 Å². The van der Waals surface area contributed by atoms with E-state index in [1.165, 1.54) is 4.88 Å². The van der Waals surface area contributed by atoms with Gasteiger partial charge in [-0.15, -0.1) is 11.3 Å². The van der Waals surface area contributed by atoms with Crippen molar-refractivity contribution in [3.63, 3.8) is 0 Å². The van der Waals surface area contributed by atoms with Crippen LogP contribution in [-0.2, 0) is 16.0 Å². The highest BCUT2D eigenvalue weighted by molar-refractivity contribution is 7.10. The van der Waals surface area contributed by atoms with Gasteiger partial charge in [-0.05, 0) is 66.1 Å². The lowest BCUT2D eigenvalue weighted by Gasteiger charge is -2.38. The van der Waals surface area contributed by atoms with Crippen molar-refractivity contribution >= 4 is 46.4 Å². The zero-order chi connectivity index (χ0) is 23.7. The molecule has 1 unspecified atom stereocenters. The summed E-state index contributed by atoms with van der Waals surface area (Å²) in [6.45, 7) is 0.515. The van der Waals surface area contributed by atoms with Gasteiger partial charge in [-0.1, -0.05) is 47.5 Å². The highest BCUT2D eigenvalue weighted by Crippen LogP contribution is 2.41. The summed E-state index contributed by atoms with van der Waals surface area (Å²) >= 11 is 14.4. The summed E-state index contributed by atoms with van der Waals surface area (Å²) in [6.07, 6.45) is 2.60. The fourth-order valence-corrected chi connectivity index (χ4v) is 5.85. The maximum absolute atomic E-state index is 13.6. The second-order valence-corrected chi connectivity index (χ2v) is 10.4. The number of nitrogens with zero attached hydrogens (tertiary/aromatic N) is 2. The topological polar surface area (TPSA) is 49.9 Å². The van der Waals surface area contributed by atoms with Crippen molar-refractivity contribution in [3.05, 3.63) is 86.0 Å². The first-order valence-corrected chi connectivity index (χ1v) is 12.9. The average Bonchev–Trinajstić information content (AvgIpc) is 3.57. The standard InChI is InChI=1S/C26H24Cl2N2O3S/c27-17-6-9-20(22(28)14-17)26-21-11-13-34-23(21)10-12-29(26)24(31)15-30(18-7-8-18)25(32)16-33-19-4-2-1-3-5-19/h1-6,9,11,13-14,18,26H,7-8,10,12,15-16H2. The number of halogens is 2. The van der Waals surface area contributed by atoms with Crippen molar-refractivity contribution in [2.45, 2.75) is 31.3 Å². The second-order valence-electron chi connectivity index (χ2n) is 8.56. The van der Waals surface area contributed by atoms with Gasteiger partial charge in [0, 0.05) is 27.5 Å². The van der Waals surface area contributed by atoms with Crippen molar-refractivity contribution in [3.8, 4) is 5.75 Å². The molecule has 1 aromatic heterocycles. The summed E-state index contributed by atoms with van der Waals surface area (Å²) in [5.74, 6) is 0.373. The molecule has 1 aliphatic heterocycles. The van der Waals surface area contributed by atoms with E-state index in [0.29, 0.717) is 22.3 Å². The van der Waals surface area contributed by atoms with Crippen molar-refractivity contribution in [1.29, 1.82) is 0 Å². The molecule has 1 atom stereocenters. The van der Waals surface area contributed by atoms with Gasteiger partial charge in [0.15, 0.2) is 6.61 Å². The van der Waals surface area contributed by atoms with Crippen LogP contribution < -0.4 is 4.74 Å². The first-order chi connectivity index (χ1) is 16.5. The number of carbonyl (C=O) groups excluding carboxylic acids is 2. The Kier molecular flexibility index (Phi) is 6.82. The Morgan fingerprint density at radius 2 is 1.85 bits per heavy atom. The Balaban J connectivity index is 1.36. The largest absolute Gasteiger partial charge is 0.484 e. The van der Waals surface area contributed by atoms with Crippen LogP contribution in [-0.4, -0.2) is 47.4 Å². The van der Waals surface area contributed by atoms with Gasteiger partial charge in [-0.2, -0.15) is 0 Å². The molecule has 1 saturated carbocycles. The molecule has 8 heteroatoms. The van der Waals surface area contributed by atoms with Crippen LogP contribution in [0.5, 0.6) is 5.75 Å². The molecule has 2 amide bonds. The van der Waals surface area contributed by atoms with Crippen LogP contribution in [0, 0.1) is 0 Å². The van der Waals surface area contributed by atoms with E-state index in [0.717, 1.165) is 30.4 Å². The quantitative estimate of drug-likeness (QED) is 0.412. The van der Waals surface area contributed by atoms with E-state index in [1.807, 2.05) is 41.3 Å². The first kappa shape index (κ1) is 23.2.